The number of hydrogen-bond donors (Lipinski definition) is 1. The second-order valence-corrected chi connectivity index (χ2v) is 6.04. The van der Waals surface area contributed by atoms with Crippen molar-refractivity contribution < 1.29 is 9.47 Å². The van der Waals surface area contributed by atoms with Gasteiger partial charge < -0.3 is 15.2 Å². The Kier molecular flexibility index (Phi) is 6.05. The molecule has 0 aromatic heterocycles. The first-order valence-corrected chi connectivity index (χ1v) is 8.09. The summed E-state index contributed by atoms with van der Waals surface area (Å²) < 4.78 is 11.2. The number of ether oxygens (including phenoxy) is 2. The molecule has 0 amide bonds. The molecule has 0 saturated heterocycles. The number of aryl methyl sites for hydroxylation is 3. The molecule has 2 N–H and O–H groups in total. The molecule has 2 aromatic carbocycles. The van der Waals surface area contributed by atoms with Gasteiger partial charge in [0.15, 0.2) is 0 Å². The topological polar surface area (TPSA) is 44.5 Å². The van der Waals surface area contributed by atoms with Crippen LogP contribution in [0.3, 0.4) is 0 Å². The van der Waals surface area contributed by atoms with Crippen molar-refractivity contribution in [2.45, 2.75) is 33.1 Å². The van der Waals surface area contributed by atoms with Gasteiger partial charge in [0.25, 0.3) is 0 Å². The van der Waals surface area contributed by atoms with Crippen molar-refractivity contribution in [2.24, 2.45) is 5.73 Å². The fourth-order valence-electron chi connectivity index (χ4n) is 2.70. The van der Waals surface area contributed by atoms with Gasteiger partial charge in [-0.25, -0.2) is 0 Å². The summed E-state index contributed by atoms with van der Waals surface area (Å²) in [4.78, 5) is 0. The van der Waals surface area contributed by atoms with E-state index in [1.54, 1.807) is 7.11 Å². The summed E-state index contributed by atoms with van der Waals surface area (Å²) in [6.45, 7) is 7.60. The van der Waals surface area contributed by atoms with Crippen molar-refractivity contribution in [3.05, 3.63) is 58.7 Å². The lowest BCUT2D eigenvalue weighted by molar-refractivity contribution is 0.296. The third-order valence-electron chi connectivity index (χ3n) is 4.39. The molecule has 0 bridgehead atoms. The van der Waals surface area contributed by atoms with Gasteiger partial charge in [-0.1, -0.05) is 18.2 Å². The maximum Gasteiger partial charge on any atom is 0.122 e. The van der Waals surface area contributed by atoms with Gasteiger partial charge in [-0.15, -0.1) is 0 Å². The second kappa shape index (κ2) is 8.02. The summed E-state index contributed by atoms with van der Waals surface area (Å²) in [7, 11) is 1.68. The fourth-order valence-corrected chi connectivity index (χ4v) is 2.70. The smallest absolute Gasteiger partial charge is 0.122 e. The molecule has 3 heteroatoms. The second-order valence-electron chi connectivity index (χ2n) is 6.04. The number of benzene rings is 2. The van der Waals surface area contributed by atoms with Crippen molar-refractivity contribution in [3.63, 3.8) is 0 Å². The van der Waals surface area contributed by atoms with E-state index in [0.29, 0.717) is 19.1 Å². The van der Waals surface area contributed by atoms with Crippen molar-refractivity contribution in [3.8, 4) is 11.5 Å². The van der Waals surface area contributed by atoms with Crippen LogP contribution in [0.4, 0.5) is 0 Å². The van der Waals surface area contributed by atoms with Gasteiger partial charge in [-0.05, 0) is 80.1 Å². The van der Waals surface area contributed by atoms with Gasteiger partial charge >= 0.3 is 0 Å². The number of rotatable bonds is 7. The van der Waals surface area contributed by atoms with Crippen molar-refractivity contribution in [2.75, 3.05) is 20.3 Å². The van der Waals surface area contributed by atoms with E-state index in [0.717, 1.165) is 17.9 Å². The molecule has 124 valence electrons. The number of hydrogen-bond acceptors (Lipinski definition) is 3. The minimum atomic E-state index is 0.299. The Morgan fingerprint density at radius 2 is 1.61 bits per heavy atom. The summed E-state index contributed by atoms with van der Waals surface area (Å²) in [6.07, 6.45) is 0.898. The van der Waals surface area contributed by atoms with Gasteiger partial charge in [-0.2, -0.15) is 0 Å². The first-order chi connectivity index (χ1) is 11.0. The third kappa shape index (κ3) is 4.49. The van der Waals surface area contributed by atoms with Crippen LogP contribution in [0.2, 0.25) is 0 Å². The Labute approximate surface area is 139 Å². The maximum atomic E-state index is 5.99. The van der Waals surface area contributed by atoms with Gasteiger partial charge in [-0.3, -0.25) is 0 Å². The Balaban J connectivity index is 1.96. The van der Waals surface area contributed by atoms with Crippen LogP contribution in [0.1, 0.15) is 34.6 Å². The van der Waals surface area contributed by atoms with E-state index in [4.69, 9.17) is 15.2 Å². The maximum absolute atomic E-state index is 5.99. The highest BCUT2D eigenvalue weighted by atomic mass is 16.5. The Morgan fingerprint density at radius 3 is 2.22 bits per heavy atom. The highest BCUT2D eigenvalue weighted by molar-refractivity contribution is 5.40. The molecular formula is C20H27NO2. The zero-order valence-corrected chi connectivity index (χ0v) is 14.6. The van der Waals surface area contributed by atoms with Gasteiger partial charge in [0.2, 0.25) is 0 Å². The normalized spacial score (nSPS) is 12.0. The number of methoxy groups -OCH3 is 1. The van der Waals surface area contributed by atoms with Gasteiger partial charge in [0.1, 0.15) is 11.5 Å². The molecule has 2 rings (SSSR count). The van der Waals surface area contributed by atoms with E-state index < -0.39 is 0 Å². The molecule has 23 heavy (non-hydrogen) atoms. The lowest BCUT2D eigenvalue weighted by Crippen LogP contribution is -2.15. The molecule has 1 unspecified atom stereocenters. The third-order valence-corrected chi connectivity index (χ3v) is 4.39. The minimum Gasteiger partial charge on any atom is -0.497 e. The van der Waals surface area contributed by atoms with E-state index in [-0.39, 0.29) is 0 Å². The van der Waals surface area contributed by atoms with E-state index in [9.17, 15) is 0 Å². The molecular weight excluding hydrogens is 286 g/mol. The molecule has 0 radical (unpaired) electrons. The van der Waals surface area contributed by atoms with E-state index in [1.165, 1.54) is 22.3 Å². The lowest BCUT2D eigenvalue weighted by Gasteiger charge is -2.17. The molecule has 0 fully saturated rings. The molecule has 0 aliphatic heterocycles. The molecule has 0 spiro atoms. The van der Waals surface area contributed by atoms with Crippen LogP contribution in [0.25, 0.3) is 0 Å². The highest BCUT2D eigenvalue weighted by Gasteiger charge is 2.11. The Hall–Kier alpha value is -2.00. The predicted octanol–water partition coefficient (Wildman–Crippen LogP) is 4.13. The molecule has 0 aliphatic rings. The summed E-state index contributed by atoms with van der Waals surface area (Å²) in [6, 6.07) is 12.4. The largest absolute Gasteiger partial charge is 0.497 e. The van der Waals surface area contributed by atoms with E-state index in [1.807, 2.05) is 12.1 Å². The first-order valence-electron chi connectivity index (χ1n) is 8.09. The SMILES string of the molecule is COc1ccc(C(CN)CCOc2cc(C)c(C)cc2C)cc1. The van der Waals surface area contributed by atoms with Crippen LogP contribution in [-0.2, 0) is 0 Å². The Bertz CT molecular complexity index is 635. The van der Waals surface area contributed by atoms with Crippen molar-refractivity contribution in [1.82, 2.24) is 0 Å². The number of nitrogens with two attached hydrogens (primary N) is 1. The predicted molar refractivity (Wildman–Crippen MR) is 95.6 cm³/mol. The van der Waals surface area contributed by atoms with Gasteiger partial charge in [0, 0.05) is 0 Å². The monoisotopic (exact) mass is 313 g/mol. The van der Waals surface area contributed by atoms with Crippen LogP contribution in [0.15, 0.2) is 36.4 Å². The highest BCUT2D eigenvalue weighted by Crippen LogP contribution is 2.25. The molecule has 0 saturated carbocycles. The Morgan fingerprint density at radius 1 is 0.957 bits per heavy atom. The summed E-state index contributed by atoms with van der Waals surface area (Å²) >= 11 is 0. The van der Waals surface area contributed by atoms with E-state index in [2.05, 4.69) is 45.0 Å². The summed E-state index contributed by atoms with van der Waals surface area (Å²) in [5.74, 6) is 2.14. The average Bonchev–Trinajstić information content (AvgIpc) is 2.56. The van der Waals surface area contributed by atoms with Crippen LogP contribution >= 0.6 is 0 Å². The standard InChI is InChI=1S/C20H27NO2/c1-14-11-16(3)20(12-15(14)2)23-10-9-18(13-21)17-5-7-19(22-4)8-6-17/h5-8,11-12,18H,9-10,13,21H2,1-4H3. The zero-order chi connectivity index (χ0) is 16.8. The summed E-state index contributed by atoms with van der Waals surface area (Å²) in [5, 5.41) is 0. The van der Waals surface area contributed by atoms with Crippen LogP contribution in [0.5, 0.6) is 11.5 Å². The van der Waals surface area contributed by atoms with Crippen LogP contribution in [0, 0.1) is 20.8 Å². The minimum absolute atomic E-state index is 0.299. The van der Waals surface area contributed by atoms with E-state index >= 15 is 0 Å². The molecule has 0 heterocycles. The fraction of sp³-hybridized carbons (Fsp3) is 0.400. The van der Waals surface area contributed by atoms with Crippen molar-refractivity contribution >= 4 is 0 Å². The van der Waals surface area contributed by atoms with Gasteiger partial charge in [0.05, 0.1) is 13.7 Å². The van der Waals surface area contributed by atoms with Crippen LogP contribution < -0.4 is 15.2 Å². The molecule has 2 aromatic rings. The molecule has 3 nitrogen and oxygen atoms in total. The average molecular weight is 313 g/mol. The van der Waals surface area contributed by atoms with Crippen LogP contribution in [-0.4, -0.2) is 20.3 Å². The summed E-state index contributed by atoms with van der Waals surface area (Å²) in [5.41, 5.74) is 10.9. The quantitative estimate of drug-likeness (QED) is 0.836. The molecule has 1 atom stereocenters. The van der Waals surface area contributed by atoms with Crippen molar-refractivity contribution in [1.29, 1.82) is 0 Å². The molecule has 0 aliphatic carbocycles. The lowest BCUT2D eigenvalue weighted by atomic mass is 9.96. The zero-order valence-electron chi connectivity index (χ0n) is 14.6. The first kappa shape index (κ1) is 17.4.